The average molecular weight is 483 g/mol. The number of aromatic nitrogens is 5. The summed E-state index contributed by atoms with van der Waals surface area (Å²) in [7, 11) is 1.61. The van der Waals surface area contributed by atoms with Crippen LogP contribution in [-0.4, -0.2) is 43.7 Å². The van der Waals surface area contributed by atoms with Crippen LogP contribution in [0.3, 0.4) is 0 Å². The molecule has 4 aromatic rings. The first-order valence-electron chi connectivity index (χ1n) is 10.2. The van der Waals surface area contributed by atoms with E-state index in [9.17, 15) is 9.18 Å². The lowest BCUT2D eigenvalue weighted by Gasteiger charge is -2.08. The summed E-state index contributed by atoms with van der Waals surface area (Å²) >= 11 is 2.62. The van der Waals surface area contributed by atoms with Crippen LogP contribution in [0.15, 0.2) is 53.7 Å². The summed E-state index contributed by atoms with van der Waals surface area (Å²) in [5.74, 6) is 1.11. The van der Waals surface area contributed by atoms with E-state index < -0.39 is 0 Å². The molecule has 0 saturated heterocycles. The van der Waals surface area contributed by atoms with E-state index in [1.54, 1.807) is 19.2 Å². The Morgan fingerprint density at radius 3 is 2.52 bits per heavy atom. The molecule has 1 N–H and O–H groups in total. The second kappa shape index (κ2) is 9.28. The molecule has 33 heavy (non-hydrogen) atoms. The van der Waals surface area contributed by atoms with Gasteiger partial charge >= 0.3 is 0 Å². The monoisotopic (exact) mass is 482 g/mol. The molecule has 0 aliphatic heterocycles. The number of carbonyl (C=O) groups is 1. The van der Waals surface area contributed by atoms with Crippen molar-refractivity contribution in [3.8, 4) is 27.7 Å². The lowest BCUT2D eigenvalue weighted by Crippen LogP contribution is -2.14. The first-order valence-corrected chi connectivity index (χ1v) is 12.0. The number of hydrogen-bond acceptors (Lipinski definition) is 8. The summed E-state index contributed by atoms with van der Waals surface area (Å²) in [6.45, 7) is 0. The molecule has 11 heteroatoms. The maximum Gasteiger partial charge on any atom is 0.236 e. The molecule has 2 aromatic carbocycles. The molecule has 5 rings (SSSR count). The number of hydrogen-bond donors (Lipinski definition) is 1. The van der Waals surface area contributed by atoms with E-state index in [0.717, 1.165) is 29.7 Å². The number of nitrogens with zero attached hydrogens (tertiary/aromatic N) is 5. The van der Waals surface area contributed by atoms with E-state index in [-0.39, 0.29) is 17.5 Å². The molecule has 1 fully saturated rings. The normalized spacial score (nSPS) is 13.2. The highest BCUT2D eigenvalue weighted by Gasteiger charge is 2.30. The highest BCUT2D eigenvalue weighted by molar-refractivity contribution is 7.99. The van der Waals surface area contributed by atoms with Gasteiger partial charge in [-0.3, -0.25) is 14.7 Å². The minimum atomic E-state index is -0.297. The lowest BCUT2D eigenvalue weighted by atomic mass is 10.2. The molecule has 1 aliphatic carbocycles. The van der Waals surface area contributed by atoms with Gasteiger partial charge in [-0.05, 0) is 61.4 Å². The summed E-state index contributed by atoms with van der Waals surface area (Å²) in [5, 5.41) is 21.4. The molecule has 168 valence electrons. The molecule has 1 saturated carbocycles. The van der Waals surface area contributed by atoms with Crippen molar-refractivity contribution in [3.63, 3.8) is 0 Å². The number of thioether (sulfide) groups is 1. The Kier molecular flexibility index (Phi) is 6.05. The standard InChI is InChI=1S/C22H19FN6O2S2/c1-31-17-10-4-14(5-11-17)20-26-27-21(33-20)24-18(30)12-32-22-28-25-19(29(22)16-8-9-16)13-2-6-15(23)7-3-13/h2-7,10-11,16H,8-9,12H2,1H3,(H,24,27,30). The van der Waals surface area contributed by atoms with Crippen LogP contribution in [0.5, 0.6) is 5.75 Å². The number of rotatable bonds is 8. The number of benzene rings is 2. The van der Waals surface area contributed by atoms with Crippen molar-refractivity contribution in [3.05, 3.63) is 54.3 Å². The maximum atomic E-state index is 13.3. The van der Waals surface area contributed by atoms with Crippen LogP contribution >= 0.6 is 23.1 Å². The minimum absolute atomic E-state index is 0.158. The van der Waals surface area contributed by atoms with Crippen LogP contribution in [0.1, 0.15) is 18.9 Å². The van der Waals surface area contributed by atoms with Crippen molar-refractivity contribution in [1.82, 2.24) is 25.0 Å². The molecule has 0 radical (unpaired) electrons. The van der Waals surface area contributed by atoms with Crippen molar-refractivity contribution < 1.29 is 13.9 Å². The number of nitrogens with one attached hydrogen (secondary N) is 1. The van der Waals surface area contributed by atoms with Crippen molar-refractivity contribution >= 4 is 34.1 Å². The topological polar surface area (TPSA) is 94.8 Å². The number of halogens is 1. The van der Waals surface area contributed by atoms with Gasteiger partial charge in [-0.15, -0.1) is 20.4 Å². The number of carbonyl (C=O) groups excluding carboxylic acids is 1. The van der Waals surface area contributed by atoms with Gasteiger partial charge in [0.2, 0.25) is 11.0 Å². The van der Waals surface area contributed by atoms with Gasteiger partial charge in [-0.1, -0.05) is 23.1 Å². The predicted octanol–water partition coefficient (Wildman–Crippen LogP) is 4.68. The van der Waals surface area contributed by atoms with Gasteiger partial charge in [0.25, 0.3) is 0 Å². The molecule has 0 atom stereocenters. The van der Waals surface area contributed by atoms with Crippen LogP contribution in [0.25, 0.3) is 22.0 Å². The van der Waals surface area contributed by atoms with E-state index in [2.05, 4.69) is 25.7 Å². The SMILES string of the molecule is COc1ccc(-c2nnc(NC(=O)CSc3nnc(-c4ccc(F)cc4)n3C3CC3)s2)cc1. The maximum absolute atomic E-state index is 13.3. The van der Waals surface area contributed by atoms with E-state index in [1.807, 2.05) is 28.8 Å². The van der Waals surface area contributed by atoms with Crippen LogP contribution in [0, 0.1) is 5.82 Å². The largest absolute Gasteiger partial charge is 0.497 e. The fourth-order valence-corrected chi connectivity index (χ4v) is 4.81. The first-order chi connectivity index (χ1) is 16.1. The zero-order valence-corrected chi connectivity index (χ0v) is 19.2. The van der Waals surface area contributed by atoms with Gasteiger partial charge < -0.3 is 4.74 Å². The predicted molar refractivity (Wildman–Crippen MR) is 125 cm³/mol. The van der Waals surface area contributed by atoms with Crippen LogP contribution < -0.4 is 10.1 Å². The van der Waals surface area contributed by atoms with Crippen molar-refractivity contribution in [2.75, 3.05) is 18.2 Å². The molecule has 2 aromatic heterocycles. The van der Waals surface area contributed by atoms with Crippen molar-refractivity contribution in [1.29, 1.82) is 0 Å². The molecular formula is C22H19FN6O2S2. The van der Waals surface area contributed by atoms with E-state index in [0.29, 0.717) is 27.2 Å². The molecule has 2 heterocycles. The van der Waals surface area contributed by atoms with Crippen LogP contribution in [0.4, 0.5) is 9.52 Å². The highest BCUT2D eigenvalue weighted by Crippen LogP contribution is 2.41. The lowest BCUT2D eigenvalue weighted by molar-refractivity contribution is -0.113. The molecule has 0 spiro atoms. The van der Waals surface area contributed by atoms with Crippen molar-refractivity contribution in [2.45, 2.75) is 24.0 Å². The van der Waals surface area contributed by atoms with E-state index in [1.165, 1.54) is 35.2 Å². The van der Waals surface area contributed by atoms with Gasteiger partial charge in [-0.25, -0.2) is 4.39 Å². The smallest absolute Gasteiger partial charge is 0.236 e. The average Bonchev–Trinajstić information content (AvgIpc) is 3.42. The third-order valence-electron chi connectivity index (χ3n) is 5.02. The Hall–Kier alpha value is -3.31. The van der Waals surface area contributed by atoms with E-state index in [4.69, 9.17) is 4.74 Å². The van der Waals surface area contributed by atoms with Crippen LogP contribution in [0.2, 0.25) is 0 Å². The molecule has 0 unspecified atom stereocenters. The highest BCUT2D eigenvalue weighted by atomic mass is 32.2. The number of amides is 1. The third kappa shape index (κ3) is 4.88. The van der Waals surface area contributed by atoms with Crippen LogP contribution in [-0.2, 0) is 4.79 Å². The molecule has 0 bridgehead atoms. The third-order valence-corrected chi connectivity index (χ3v) is 6.85. The Bertz CT molecular complexity index is 1270. The Morgan fingerprint density at radius 2 is 1.82 bits per heavy atom. The fraction of sp³-hybridized carbons (Fsp3) is 0.227. The fourth-order valence-electron chi connectivity index (χ4n) is 3.24. The number of ether oxygens (including phenoxy) is 1. The second-order valence-corrected chi connectivity index (χ2v) is 9.31. The Morgan fingerprint density at radius 1 is 1.09 bits per heavy atom. The van der Waals surface area contributed by atoms with Gasteiger partial charge in [0, 0.05) is 17.2 Å². The summed E-state index contributed by atoms with van der Waals surface area (Å²) < 4.78 is 20.5. The molecule has 1 amide bonds. The number of anilines is 1. The van der Waals surface area contributed by atoms with Gasteiger partial charge in [0.05, 0.1) is 12.9 Å². The molecular weight excluding hydrogens is 463 g/mol. The number of methoxy groups -OCH3 is 1. The zero-order chi connectivity index (χ0) is 22.8. The van der Waals surface area contributed by atoms with Gasteiger partial charge in [-0.2, -0.15) is 0 Å². The molecule has 1 aliphatic rings. The second-order valence-electron chi connectivity index (χ2n) is 7.39. The Labute approximate surface area is 197 Å². The summed E-state index contributed by atoms with van der Waals surface area (Å²) in [5.41, 5.74) is 1.70. The van der Waals surface area contributed by atoms with Crippen molar-refractivity contribution in [2.24, 2.45) is 0 Å². The molecule has 8 nitrogen and oxygen atoms in total. The summed E-state index contributed by atoms with van der Waals surface area (Å²) in [6.07, 6.45) is 2.07. The van der Waals surface area contributed by atoms with E-state index >= 15 is 0 Å². The zero-order valence-electron chi connectivity index (χ0n) is 17.6. The van der Waals surface area contributed by atoms with Gasteiger partial charge in [0.1, 0.15) is 16.6 Å². The minimum Gasteiger partial charge on any atom is -0.497 e. The first kappa shape index (κ1) is 21.5. The summed E-state index contributed by atoms with van der Waals surface area (Å²) in [6, 6.07) is 14.0. The Balaban J connectivity index is 1.24. The quantitative estimate of drug-likeness (QED) is 0.365. The summed E-state index contributed by atoms with van der Waals surface area (Å²) in [4.78, 5) is 12.5. The van der Waals surface area contributed by atoms with Gasteiger partial charge in [0.15, 0.2) is 11.0 Å².